The minimum atomic E-state index is 0.527. The van der Waals surface area contributed by atoms with E-state index in [4.69, 9.17) is 5.73 Å². The number of piperidine rings is 1. The number of rotatable bonds is 2. The zero-order valence-electron chi connectivity index (χ0n) is 13.9. The van der Waals surface area contributed by atoms with Gasteiger partial charge in [-0.25, -0.2) is 0 Å². The van der Waals surface area contributed by atoms with Crippen LogP contribution in [0.5, 0.6) is 0 Å². The number of nitrogens with one attached hydrogen (secondary N) is 1. The molecular formula is C19H26N4. The highest BCUT2D eigenvalue weighted by Crippen LogP contribution is 2.46. The molecule has 23 heavy (non-hydrogen) atoms. The largest absolute Gasteiger partial charge is 0.358 e. The third-order valence-corrected chi connectivity index (χ3v) is 6.41. The topological polar surface area (TPSA) is 48.3 Å². The molecule has 0 spiro atoms. The van der Waals surface area contributed by atoms with Crippen LogP contribution in [0.3, 0.4) is 0 Å². The monoisotopic (exact) mass is 310 g/mol. The van der Waals surface area contributed by atoms with Crippen molar-refractivity contribution in [3.8, 4) is 0 Å². The quantitative estimate of drug-likeness (QED) is 0.897. The van der Waals surface area contributed by atoms with Crippen molar-refractivity contribution in [2.24, 2.45) is 11.7 Å². The van der Waals surface area contributed by atoms with Crippen LogP contribution in [-0.2, 0) is 0 Å². The predicted molar refractivity (Wildman–Crippen MR) is 95.0 cm³/mol. The van der Waals surface area contributed by atoms with Gasteiger partial charge in [0.05, 0.1) is 0 Å². The van der Waals surface area contributed by atoms with Crippen LogP contribution < -0.4 is 10.6 Å². The SMILES string of the molecule is CN1CC(CN)CC1c1ccc2[nH]c3c(c2c1)C1CCN3CC1. The van der Waals surface area contributed by atoms with E-state index in [-0.39, 0.29) is 0 Å². The van der Waals surface area contributed by atoms with E-state index in [1.807, 2.05) is 0 Å². The van der Waals surface area contributed by atoms with Gasteiger partial charge in [-0.1, -0.05) is 6.07 Å². The van der Waals surface area contributed by atoms with Crippen molar-refractivity contribution in [3.05, 3.63) is 29.3 Å². The molecule has 2 unspecified atom stereocenters. The summed E-state index contributed by atoms with van der Waals surface area (Å²) in [7, 11) is 2.24. The molecule has 0 radical (unpaired) electrons. The highest BCUT2D eigenvalue weighted by Gasteiger charge is 2.35. The number of anilines is 1. The predicted octanol–water partition coefficient (Wildman–Crippen LogP) is 2.82. The summed E-state index contributed by atoms with van der Waals surface area (Å²) in [6.45, 7) is 4.38. The first-order chi connectivity index (χ1) is 11.2. The number of fused-ring (bicyclic) bond motifs is 3. The van der Waals surface area contributed by atoms with Crippen molar-refractivity contribution in [2.45, 2.75) is 31.2 Å². The summed E-state index contributed by atoms with van der Waals surface area (Å²) in [6.07, 6.45) is 3.84. The number of aromatic amines is 1. The average molecular weight is 310 g/mol. The van der Waals surface area contributed by atoms with Crippen LogP contribution in [0.2, 0.25) is 0 Å². The number of hydrogen-bond donors (Lipinski definition) is 2. The molecule has 2 bridgehead atoms. The van der Waals surface area contributed by atoms with Gasteiger partial charge < -0.3 is 15.6 Å². The first kappa shape index (κ1) is 13.9. The molecule has 3 N–H and O–H groups in total. The Morgan fingerprint density at radius 1 is 1.26 bits per heavy atom. The first-order valence-corrected chi connectivity index (χ1v) is 9.05. The Hall–Kier alpha value is -1.52. The summed E-state index contributed by atoms with van der Waals surface area (Å²) in [5, 5.41) is 1.47. The van der Waals surface area contributed by atoms with E-state index in [0.29, 0.717) is 12.0 Å². The zero-order valence-corrected chi connectivity index (χ0v) is 13.9. The molecule has 4 aliphatic heterocycles. The van der Waals surface area contributed by atoms with Crippen molar-refractivity contribution < 1.29 is 0 Å². The Kier molecular flexibility index (Phi) is 3.01. The Morgan fingerprint density at radius 2 is 2.09 bits per heavy atom. The molecule has 4 nitrogen and oxygen atoms in total. The number of hydrogen-bond acceptors (Lipinski definition) is 3. The van der Waals surface area contributed by atoms with Gasteiger partial charge in [0, 0.05) is 42.1 Å². The maximum absolute atomic E-state index is 5.91. The van der Waals surface area contributed by atoms with E-state index in [1.165, 1.54) is 54.6 Å². The summed E-state index contributed by atoms with van der Waals surface area (Å²) in [5.41, 5.74) is 10.3. The number of H-pyrrole nitrogens is 1. The summed E-state index contributed by atoms with van der Waals surface area (Å²) >= 11 is 0. The Labute approximate surface area is 137 Å². The van der Waals surface area contributed by atoms with Crippen LogP contribution in [0.15, 0.2) is 18.2 Å². The third-order valence-electron chi connectivity index (χ3n) is 6.41. The molecule has 0 saturated carbocycles. The maximum Gasteiger partial charge on any atom is 0.110 e. The van der Waals surface area contributed by atoms with E-state index in [0.717, 1.165) is 19.0 Å². The lowest BCUT2D eigenvalue weighted by molar-refractivity contribution is 0.314. The molecule has 0 aliphatic carbocycles. The van der Waals surface area contributed by atoms with Gasteiger partial charge in [-0.05, 0) is 62.4 Å². The van der Waals surface area contributed by atoms with E-state index < -0.39 is 0 Å². The second-order valence-electron chi connectivity index (χ2n) is 7.75. The van der Waals surface area contributed by atoms with Gasteiger partial charge in [0.25, 0.3) is 0 Å². The minimum Gasteiger partial charge on any atom is -0.358 e. The van der Waals surface area contributed by atoms with E-state index in [2.05, 4.69) is 40.0 Å². The standard InChI is InChI=1S/C19H26N4/c1-22-11-12(10-20)8-17(22)14-2-3-16-15(9-14)18-13-4-6-23(7-5-13)19(18)21-16/h2-3,9,12-13,17,21H,4-8,10-11,20H2,1H3. The first-order valence-electron chi connectivity index (χ1n) is 9.05. The van der Waals surface area contributed by atoms with Crippen LogP contribution in [0.25, 0.3) is 10.9 Å². The fourth-order valence-corrected chi connectivity index (χ4v) is 5.14. The van der Waals surface area contributed by atoms with Gasteiger partial charge in [-0.3, -0.25) is 4.90 Å². The number of likely N-dealkylation sites (tertiary alicyclic amines) is 1. The molecule has 2 aromatic rings. The molecule has 2 fully saturated rings. The molecule has 6 rings (SSSR count). The molecule has 4 heteroatoms. The molecule has 122 valence electrons. The molecule has 1 aromatic heterocycles. The van der Waals surface area contributed by atoms with Crippen LogP contribution in [0.1, 0.15) is 42.3 Å². The van der Waals surface area contributed by atoms with Crippen molar-refractivity contribution in [1.29, 1.82) is 0 Å². The second-order valence-corrected chi connectivity index (χ2v) is 7.75. The average Bonchev–Trinajstić information content (AvgIpc) is 3.17. The fourth-order valence-electron chi connectivity index (χ4n) is 5.14. The highest BCUT2D eigenvalue weighted by atomic mass is 15.2. The summed E-state index contributed by atoms with van der Waals surface area (Å²) < 4.78 is 0. The molecule has 0 amide bonds. The van der Waals surface area contributed by atoms with Gasteiger partial charge in [0.2, 0.25) is 0 Å². The fraction of sp³-hybridized carbons (Fsp3) is 0.579. The lowest BCUT2D eigenvalue weighted by atomic mass is 9.84. The zero-order chi connectivity index (χ0) is 15.6. The normalized spacial score (nSPS) is 28.0. The van der Waals surface area contributed by atoms with Crippen LogP contribution in [0, 0.1) is 5.92 Å². The smallest absolute Gasteiger partial charge is 0.110 e. The van der Waals surface area contributed by atoms with Crippen LogP contribution >= 0.6 is 0 Å². The number of nitrogens with zero attached hydrogens (tertiary/aromatic N) is 2. The maximum atomic E-state index is 5.91. The second kappa shape index (κ2) is 4.99. The molecular weight excluding hydrogens is 284 g/mol. The molecule has 1 aromatic carbocycles. The lowest BCUT2D eigenvalue weighted by Gasteiger charge is -2.40. The minimum absolute atomic E-state index is 0.527. The van der Waals surface area contributed by atoms with Gasteiger partial charge in [0.1, 0.15) is 5.82 Å². The molecule has 2 atom stereocenters. The Morgan fingerprint density at radius 3 is 2.83 bits per heavy atom. The summed E-state index contributed by atoms with van der Waals surface area (Å²) in [4.78, 5) is 8.71. The van der Waals surface area contributed by atoms with Gasteiger partial charge in [0.15, 0.2) is 0 Å². The Bertz CT molecular complexity index is 741. The molecule has 5 heterocycles. The summed E-state index contributed by atoms with van der Waals surface area (Å²) in [6, 6.07) is 7.61. The van der Waals surface area contributed by atoms with E-state index in [1.54, 1.807) is 5.56 Å². The number of benzene rings is 1. The van der Waals surface area contributed by atoms with Crippen LogP contribution in [0.4, 0.5) is 5.82 Å². The number of nitrogens with two attached hydrogens (primary N) is 1. The summed E-state index contributed by atoms with van der Waals surface area (Å²) in [5.74, 6) is 2.80. The third kappa shape index (κ3) is 1.98. The Balaban J connectivity index is 1.59. The van der Waals surface area contributed by atoms with Crippen LogP contribution in [-0.4, -0.2) is 43.1 Å². The van der Waals surface area contributed by atoms with E-state index >= 15 is 0 Å². The van der Waals surface area contributed by atoms with Crippen molar-refractivity contribution >= 4 is 16.7 Å². The van der Waals surface area contributed by atoms with Crippen molar-refractivity contribution in [3.63, 3.8) is 0 Å². The van der Waals surface area contributed by atoms with Crippen molar-refractivity contribution in [1.82, 2.24) is 9.88 Å². The van der Waals surface area contributed by atoms with Gasteiger partial charge in [-0.15, -0.1) is 0 Å². The van der Waals surface area contributed by atoms with Gasteiger partial charge in [-0.2, -0.15) is 0 Å². The van der Waals surface area contributed by atoms with Gasteiger partial charge >= 0.3 is 0 Å². The van der Waals surface area contributed by atoms with E-state index in [9.17, 15) is 0 Å². The number of aromatic nitrogens is 1. The lowest BCUT2D eigenvalue weighted by Crippen LogP contribution is -2.38. The van der Waals surface area contributed by atoms with Crippen molar-refractivity contribution in [2.75, 3.05) is 38.1 Å². The highest BCUT2D eigenvalue weighted by molar-refractivity contribution is 5.91. The molecule has 4 aliphatic rings. The molecule has 2 saturated heterocycles.